The molecule has 0 saturated heterocycles. The van der Waals surface area contributed by atoms with Crippen molar-refractivity contribution < 1.29 is 9.90 Å². The van der Waals surface area contributed by atoms with Gasteiger partial charge in [-0.1, -0.05) is 30.7 Å². The molecule has 2 heterocycles. The highest BCUT2D eigenvalue weighted by Crippen LogP contribution is 2.38. The zero-order valence-electron chi connectivity index (χ0n) is 13.7. The maximum Gasteiger partial charge on any atom is 0.253 e. The average molecular weight is 347 g/mol. The normalized spacial score (nSPS) is 20.9. The fourth-order valence-corrected chi connectivity index (χ4v) is 3.34. The summed E-state index contributed by atoms with van der Waals surface area (Å²) in [6.07, 6.45) is 2.92. The number of aliphatic hydroxyl groups is 1. The molecule has 2 aromatic heterocycles. The van der Waals surface area contributed by atoms with Gasteiger partial charge in [0.2, 0.25) is 0 Å². The first kappa shape index (κ1) is 16.5. The van der Waals surface area contributed by atoms with Gasteiger partial charge in [0.05, 0.1) is 22.4 Å². The van der Waals surface area contributed by atoms with Crippen LogP contribution in [0.15, 0.2) is 23.8 Å². The standard InChI is InChI=1S/C17H19ClN4O2/c1-7-4-5-12(23)8(2)14(7)22-15(19)13(16(20)24)10-6-11(18)9(3)21-17(10)22/h4-6,8,12,23H,19H2,1-3H3,(H2,20,24). The molecule has 1 aliphatic carbocycles. The molecule has 2 atom stereocenters. The molecule has 5 N–H and O–H groups in total. The van der Waals surface area contributed by atoms with Gasteiger partial charge >= 0.3 is 0 Å². The van der Waals surface area contributed by atoms with Crippen molar-refractivity contribution >= 4 is 40.1 Å². The summed E-state index contributed by atoms with van der Waals surface area (Å²) < 4.78 is 1.70. The summed E-state index contributed by atoms with van der Waals surface area (Å²) in [6.45, 7) is 5.59. The number of allylic oxidation sites excluding steroid dienone is 2. The molecule has 126 valence electrons. The molecular weight excluding hydrogens is 328 g/mol. The Morgan fingerprint density at radius 3 is 2.71 bits per heavy atom. The van der Waals surface area contributed by atoms with Gasteiger partial charge in [0.15, 0.2) is 0 Å². The first-order valence-corrected chi connectivity index (χ1v) is 7.96. The Bertz CT molecular complexity index is 927. The maximum atomic E-state index is 11.9. The number of nitrogens with zero attached hydrogens (tertiary/aromatic N) is 2. The summed E-state index contributed by atoms with van der Waals surface area (Å²) in [6, 6.07) is 1.65. The third kappa shape index (κ3) is 2.30. The van der Waals surface area contributed by atoms with Crippen molar-refractivity contribution in [2.24, 2.45) is 11.7 Å². The minimum atomic E-state index is -0.647. The predicted octanol–water partition coefficient (Wildman–Crippen LogP) is 2.48. The van der Waals surface area contributed by atoms with E-state index in [0.717, 1.165) is 11.3 Å². The Hall–Kier alpha value is -2.31. The van der Waals surface area contributed by atoms with Crippen molar-refractivity contribution in [3.63, 3.8) is 0 Å². The van der Waals surface area contributed by atoms with E-state index in [4.69, 9.17) is 23.1 Å². The van der Waals surface area contributed by atoms with Gasteiger partial charge in [-0.3, -0.25) is 9.36 Å². The van der Waals surface area contributed by atoms with Crippen LogP contribution >= 0.6 is 11.6 Å². The molecule has 7 heteroatoms. The first-order valence-electron chi connectivity index (χ1n) is 7.58. The van der Waals surface area contributed by atoms with Crippen LogP contribution in [0.25, 0.3) is 16.7 Å². The van der Waals surface area contributed by atoms with E-state index < -0.39 is 12.0 Å². The van der Waals surface area contributed by atoms with Crippen LogP contribution in [-0.2, 0) is 0 Å². The van der Waals surface area contributed by atoms with E-state index in [0.29, 0.717) is 21.7 Å². The van der Waals surface area contributed by atoms with Gasteiger partial charge in [-0.05, 0) is 25.5 Å². The van der Waals surface area contributed by atoms with Crippen molar-refractivity contribution in [1.29, 1.82) is 0 Å². The number of aliphatic hydroxyl groups excluding tert-OH is 1. The quantitative estimate of drug-likeness (QED) is 0.776. The second-order valence-electron chi connectivity index (χ2n) is 6.09. The molecule has 0 aromatic carbocycles. The van der Waals surface area contributed by atoms with Crippen molar-refractivity contribution in [2.75, 3.05) is 5.73 Å². The number of aromatic nitrogens is 2. The van der Waals surface area contributed by atoms with Crippen molar-refractivity contribution in [3.05, 3.63) is 40.1 Å². The van der Waals surface area contributed by atoms with Gasteiger partial charge in [0.25, 0.3) is 5.91 Å². The zero-order chi connectivity index (χ0) is 17.8. The van der Waals surface area contributed by atoms with E-state index in [1.165, 1.54) is 0 Å². The summed E-state index contributed by atoms with van der Waals surface area (Å²) in [7, 11) is 0. The molecule has 24 heavy (non-hydrogen) atoms. The van der Waals surface area contributed by atoms with Crippen LogP contribution in [0.1, 0.15) is 29.9 Å². The average Bonchev–Trinajstić information content (AvgIpc) is 2.77. The molecular formula is C17H19ClN4O2. The molecule has 2 aromatic rings. The number of fused-ring (bicyclic) bond motifs is 1. The number of pyridine rings is 1. The molecule has 0 aliphatic heterocycles. The Labute approximate surface area is 144 Å². The number of carbonyl (C=O) groups is 1. The van der Waals surface area contributed by atoms with Crippen molar-refractivity contribution in [2.45, 2.75) is 26.9 Å². The van der Waals surface area contributed by atoms with Crippen molar-refractivity contribution in [3.8, 4) is 0 Å². The van der Waals surface area contributed by atoms with E-state index in [2.05, 4.69) is 4.98 Å². The van der Waals surface area contributed by atoms with Crippen LogP contribution in [0, 0.1) is 12.8 Å². The Balaban J connectivity index is 2.45. The fraction of sp³-hybridized carbons (Fsp3) is 0.294. The maximum absolute atomic E-state index is 11.9. The monoisotopic (exact) mass is 346 g/mol. The van der Waals surface area contributed by atoms with Crippen LogP contribution in [0.2, 0.25) is 5.02 Å². The number of aryl methyl sites for hydroxylation is 1. The van der Waals surface area contributed by atoms with Crippen LogP contribution in [0.3, 0.4) is 0 Å². The minimum absolute atomic E-state index is 0.191. The Morgan fingerprint density at radius 2 is 2.08 bits per heavy atom. The van der Waals surface area contributed by atoms with Crippen LogP contribution in [-0.4, -0.2) is 26.7 Å². The van der Waals surface area contributed by atoms with E-state index in [1.807, 2.05) is 19.9 Å². The lowest BCUT2D eigenvalue weighted by Crippen LogP contribution is -2.24. The SMILES string of the molecule is CC1=C(n2c(N)c(C(N)=O)c3cc(Cl)c(C)nc32)C(C)C(O)C=C1. The highest BCUT2D eigenvalue weighted by molar-refractivity contribution is 6.32. The highest BCUT2D eigenvalue weighted by Gasteiger charge is 2.29. The number of anilines is 1. The number of rotatable bonds is 2. The van der Waals surface area contributed by atoms with Crippen LogP contribution in [0.4, 0.5) is 5.82 Å². The molecule has 3 rings (SSSR count). The summed E-state index contributed by atoms with van der Waals surface area (Å²) in [5.74, 6) is -0.655. The third-order valence-electron chi connectivity index (χ3n) is 4.49. The molecule has 0 spiro atoms. The van der Waals surface area contributed by atoms with Crippen LogP contribution < -0.4 is 11.5 Å². The van der Waals surface area contributed by atoms with E-state index >= 15 is 0 Å². The zero-order valence-corrected chi connectivity index (χ0v) is 14.4. The summed E-state index contributed by atoms with van der Waals surface area (Å²) >= 11 is 6.16. The molecule has 2 unspecified atom stereocenters. The number of primary amides is 1. The predicted molar refractivity (Wildman–Crippen MR) is 95.6 cm³/mol. The van der Waals surface area contributed by atoms with E-state index in [1.54, 1.807) is 23.6 Å². The number of amides is 1. The molecule has 0 bridgehead atoms. The number of hydrogen-bond donors (Lipinski definition) is 3. The molecule has 1 aliphatic rings. The lowest BCUT2D eigenvalue weighted by molar-refractivity contribution is 0.100. The number of nitrogen functional groups attached to an aromatic ring is 1. The third-order valence-corrected chi connectivity index (χ3v) is 4.87. The molecule has 0 fully saturated rings. The minimum Gasteiger partial charge on any atom is -0.388 e. The Kier molecular flexibility index (Phi) is 3.89. The van der Waals surface area contributed by atoms with E-state index in [9.17, 15) is 9.90 Å². The second-order valence-corrected chi connectivity index (χ2v) is 6.50. The second kappa shape index (κ2) is 5.65. The first-order chi connectivity index (χ1) is 11.2. The molecule has 0 saturated carbocycles. The smallest absolute Gasteiger partial charge is 0.253 e. The summed E-state index contributed by atoms with van der Waals surface area (Å²) in [4.78, 5) is 16.4. The van der Waals surface area contributed by atoms with Gasteiger partial charge in [-0.2, -0.15) is 0 Å². The number of halogens is 1. The van der Waals surface area contributed by atoms with Gasteiger partial charge in [0.1, 0.15) is 11.5 Å². The topological polar surface area (TPSA) is 107 Å². The Morgan fingerprint density at radius 1 is 1.42 bits per heavy atom. The van der Waals surface area contributed by atoms with Crippen LogP contribution in [0.5, 0.6) is 0 Å². The largest absolute Gasteiger partial charge is 0.388 e. The highest BCUT2D eigenvalue weighted by atomic mass is 35.5. The molecule has 6 nitrogen and oxygen atoms in total. The lowest BCUT2D eigenvalue weighted by Gasteiger charge is -2.27. The summed E-state index contributed by atoms with van der Waals surface area (Å²) in [5, 5.41) is 11.1. The summed E-state index contributed by atoms with van der Waals surface area (Å²) in [5.41, 5.74) is 14.8. The van der Waals surface area contributed by atoms with E-state index in [-0.39, 0.29) is 17.3 Å². The molecule has 0 radical (unpaired) electrons. The van der Waals surface area contributed by atoms with Gasteiger partial charge < -0.3 is 16.6 Å². The fourth-order valence-electron chi connectivity index (χ4n) is 3.19. The molecule has 1 amide bonds. The van der Waals surface area contributed by atoms with Gasteiger partial charge in [-0.15, -0.1) is 0 Å². The van der Waals surface area contributed by atoms with Gasteiger partial charge in [-0.25, -0.2) is 4.98 Å². The van der Waals surface area contributed by atoms with Gasteiger partial charge in [0, 0.05) is 17.0 Å². The lowest BCUT2D eigenvalue weighted by atomic mass is 9.91. The number of nitrogens with two attached hydrogens (primary N) is 2. The van der Waals surface area contributed by atoms with Crippen molar-refractivity contribution in [1.82, 2.24) is 9.55 Å². The number of carbonyl (C=O) groups excluding carboxylic acids is 1. The number of hydrogen-bond acceptors (Lipinski definition) is 4.